The maximum atomic E-state index is 13.9. The zero-order valence-corrected chi connectivity index (χ0v) is 18.9. The number of ether oxygens (including phenoxy) is 2. The Bertz CT molecular complexity index is 1290. The largest absolute Gasteiger partial charge is 0.480 e. The maximum absolute atomic E-state index is 13.9. The second-order valence-electron chi connectivity index (χ2n) is 7.18. The number of carbonyl (C=O) groups is 1. The van der Waals surface area contributed by atoms with E-state index in [-0.39, 0.29) is 18.3 Å². The number of rotatable bonds is 7. The monoisotopic (exact) mass is 455 g/mol. The highest BCUT2D eigenvalue weighted by Crippen LogP contribution is 2.35. The van der Waals surface area contributed by atoms with Crippen LogP contribution in [0.15, 0.2) is 36.7 Å². The minimum atomic E-state index is -0.639. The first-order valence-corrected chi connectivity index (χ1v) is 10.6. The molecule has 0 bridgehead atoms. The number of amides is 1. The van der Waals surface area contributed by atoms with Gasteiger partial charge in [-0.15, -0.1) is 11.3 Å². The van der Waals surface area contributed by atoms with E-state index in [1.807, 2.05) is 14.0 Å². The van der Waals surface area contributed by atoms with Crippen LogP contribution in [-0.2, 0) is 18.4 Å². The molecule has 1 aromatic carbocycles. The van der Waals surface area contributed by atoms with Crippen molar-refractivity contribution in [1.29, 1.82) is 0 Å². The summed E-state index contributed by atoms with van der Waals surface area (Å²) in [6.45, 7) is 2.05. The fourth-order valence-corrected chi connectivity index (χ4v) is 4.63. The molecule has 0 aliphatic heterocycles. The van der Waals surface area contributed by atoms with Crippen molar-refractivity contribution in [2.24, 2.45) is 7.05 Å². The third-order valence-electron chi connectivity index (χ3n) is 5.05. The molecule has 4 rings (SSSR count). The lowest BCUT2D eigenvalue weighted by atomic mass is 10.1. The standard InChI is InChI=1S/C22H22FN5O3S/c1-12-16-21(31-4)25-15(11-30-3)26-22(16)32-18(12)20(29)27-17(19-24-8-9-28(19)2)13-6-5-7-14(23)10-13/h5-10,17H,11H2,1-4H3,(H,27,29). The molecule has 0 aliphatic rings. The first-order valence-electron chi connectivity index (χ1n) is 9.79. The van der Waals surface area contributed by atoms with Gasteiger partial charge < -0.3 is 19.4 Å². The zero-order chi connectivity index (χ0) is 22.8. The third-order valence-corrected chi connectivity index (χ3v) is 6.23. The van der Waals surface area contributed by atoms with Crippen LogP contribution in [0.1, 0.15) is 38.5 Å². The van der Waals surface area contributed by atoms with Gasteiger partial charge in [-0.05, 0) is 30.2 Å². The highest BCUT2D eigenvalue weighted by molar-refractivity contribution is 7.20. The number of hydrogen-bond donors (Lipinski definition) is 1. The Morgan fingerprint density at radius 2 is 2.12 bits per heavy atom. The lowest BCUT2D eigenvalue weighted by molar-refractivity contribution is 0.0944. The van der Waals surface area contributed by atoms with Gasteiger partial charge in [0.1, 0.15) is 29.1 Å². The number of aromatic nitrogens is 4. The van der Waals surface area contributed by atoms with Crippen LogP contribution >= 0.6 is 11.3 Å². The highest BCUT2D eigenvalue weighted by Gasteiger charge is 2.26. The summed E-state index contributed by atoms with van der Waals surface area (Å²) >= 11 is 1.24. The lowest BCUT2D eigenvalue weighted by Gasteiger charge is -2.19. The SMILES string of the molecule is COCc1nc(OC)c2c(C)c(C(=O)NC(c3cccc(F)c3)c3nccn3C)sc2n1. The highest BCUT2D eigenvalue weighted by atomic mass is 32.1. The molecule has 1 amide bonds. The molecule has 0 fully saturated rings. The molecule has 32 heavy (non-hydrogen) atoms. The Balaban J connectivity index is 1.75. The van der Waals surface area contributed by atoms with Gasteiger partial charge in [0.2, 0.25) is 5.88 Å². The molecule has 10 heteroatoms. The van der Waals surface area contributed by atoms with E-state index in [0.717, 1.165) is 0 Å². The van der Waals surface area contributed by atoms with E-state index in [1.165, 1.54) is 30.6 Å². The first-order chi connectivity index (χ1) is 15.4. The molecule has 1 atom stereocenters. The quantitative estimate of drug-likeness (QED) is 0.458. The van der Waals surface area contributed by atoms with Crippen molar-refractivity contribution in [2.75, 3.05) is 14.2 Å². The summed E-state index contributed by atoms with van der Waals surface area (Å²) in [6.07, 6.45) is 3.41. The van der Waals surface area contributed by atoms with E-state index in [0.29, 0.717) is 43.7 Å². The molecule has 1 unspecified atom stereocenters. The van der Waals surface area contributed by atoms with Gasteiger partial charge in [-0.3, -0.25) is 4.79 Å². The van der Waals surface area contributed by atoms with E-state index in [4.69, 9.17) is 9.47 Å². The van der Waals surface area contributed by atoms with E-state index >= 15 is 0 Å². The van der Waals surface area contributed by atoms with E-state index in [9.17, 15) is 9.18 Å². The Hall–Kier alpha value is -3.37. The molecule has 3 heterocycles. The minimum absolute atomic E-state index is 0.228. The van der Waals surface area contributed by atoms with Crippen LogP contribution in [0.4, 0.5) is 4.39 Å². The van der Waals surface area contributed by atoms with Gasteiger partial charge >= 0.3 is 0 Å². The molecule has 0 saturated carbocycles. The van der Waals surface area contributed by atoms with Crippen molar-refractivity contribution in [2.45, 2.75) is 19.6 Å². The summed E-state index contributed by atoms with van der Waals surface area (Å²) in [5.41, 5.74) is 1.30. The van der Waals surface area contributed by atoms with Crippen LogP contribution in [0.5, 0.6) is 5.88 Å². The fraction of sp³-hybridized carbons (Fsp3) is 0.273. The molecule has 0 spiro atoms. The number of aryl methyl sites for hydroxylation is 2. The second kappa shape index (κ2) is 9.01. The van der Waals surface area contributed by atoms with E-state index in [2.05, 4.69) is 20.3 Å². The Kier molecular flexibility index (Phi) is 6.15. The average Bonchev–Trinajstić information content (AvgIpc) is 3.34. The van der Waals surface area contributed by atoms with Crippen molar-refractivity contribution in [3.63, 3.8) is 0 Å². The minimum Gasteiger partial charge on any atom is -0.480 e. The number of thiophene rings is 1. The van der Waals surface area contributed by atoms with Crippen LogP contribution < -0.4 is 10.1 Å². The number of carbonyl (C=O) groups excluding carboxylic acids is 1. The Morgan fingerprint density at radius 3 is 2.78 bits per heavy atom. The number of benzene rings is 1. The molecule has 0 saturated heterocycles. The predicted octanol–water partition coefficient (Wildman–Crippen LogP) is 3.55. The molecule has 4 aromatic rings. The predicted molar refractivity (Wildman–Crippen MR) is 118 cm³/mol. The topological polar surface area (TPSA) is 91.2 Å². The maximum Gasteiger partial charge on any atom is 0.262 e. The van der Waals surface area contributed by atoms with Crippen molar-refractivity contribution in [1.82, 2.24) is 24.8 Å². The summed E-state index contributed by atoms with van der Waals surface area (Å²) in [4.78, 5) is 27.7. The number of nitrogens with one attached hydrogen (secondary N) is 1. The number of imidazole rings is 1. The Labute approximate surface area is 188 Å². The molecule has 166 valence electrons. The summed E-state index contributed by atoms with van der Waals surface area (Å²) in [5, 5.41) is 3.69. The molecule has 3 aromatic heterocycles. The number of hydrogen-bond acceptors (Lipinski definition) is 7. The fourth-order valence-electron chi connectivity index (χ4n) is 3.54. The van der Waals surface area contributed by atoms with Gasteiger partial charge in [0, 0.05) is 26.6 Å². The van der Waals surface area contributed by atoms with Crippen LogP contribution in [0.2, 0.25) is 0 Å². The molecular weight excluding hydrogens is 433 g/mol. The van der Waals surface area contributed by atoms with E-state index in [1.54, 1.807) is 36.2 Å². The lowest BCUT2D eigenvalue weighted by Crippen LogP contribution is -2.31. The normalized spacial score (nSPS) is 12.2. The number of methoxy groups -OCH3 is 2. The van der Waals surface area contributed by atoms with Gasteiger partial charge in [-0.25, -0.2) is 14.4 Å². The first kappa shape index (κ1) is 21.8. The summed E-state index contributed by atoms with van der Waals surface area (Å²) < 4.78 is 26.3. The zero-order valence-electron chi connectivity index (χ0n) is 18.0. The number of fused-ring (bicyclic) bond motifs is 1. The Morgan fingerprint density at radius 1 is 1.31 bits per heavy atom. The van der Waals surface area contributed by atoms with Crippen molar-refractivity contribution in [3.05, 3.63) is 70.1 Å². The van der Waals surface area contributed by atoms with Gasteiger partial charge in [0.15, 0.2) is 5.82 Å². The van der Waals surface area contributed by atoms with Crippen LogP contribution in [-0.4, -0.2) is 39.6 Å². The molecule has 0 radical (unpaired) electrons. The van der Waals surface area contributed by atoms with Crippen LogP contribution in [0, 0.1) is 12.7 Å². The summed E-state index contributed by atoms with van der Waals surface area (Å²) in [6, 6.07) is 5.48. The second-order valence-corrected chi connectivity index (χ2v) is 8.18. The molecule has 0 aliphatic carbocycles. The third kappa shape index (κ3) is 4.06. The van der Waals surface area contributed by atoms with Gasteiger partial charge in [-0.1, -0.05) is 12.1 Å². The van der Waals surface area contributed by atoms with E-state index < -0.39 is 6.04 Å². The number of nitrogens with zero attached hydrogens (tertiary/aromatic N) is 4. The average molecular weight is 456 g/mol. The molecule has 1 N–H and O–H groups in total. The van der Waals surface area contributed by atoms with Crippen molar-refractivity contribution in [3.8, 4) is 5.88 Å². The molecular formula is C22H22FN5O3S. The smallest absolute Gasteiger partial charge is 0.262 e. The summed E-state index contributed by atoms with van der Waals surface area (Å²) in [5.74, 6) is 0.733. The van der Waals surface area contributed by atoms with Crippen LogP contribution in [0.3, 0.4) is 0 Å². The van der Waals surface area contributed by atoms with Gasteiger partial charge in [0.25, 0.3) is 5.91 Å². The number of halogens is 1. The summed E-state index contributed by atoms with van der Waals surface area (Å²) in [7, 11) is 4.91. The molecule has 8 nitrogen and oxygen atoms in total. The van der Waals surface area contributed by atoms with Gasteiger partial charge in [0.05, 0.1) is 17.4 Å². The van der Waals surface area contributed by atoms with Crippen molar-refractivity contribution >= 4 is 27.5 Å². The van der Waals surface area contributed by atoms with Crippen LogP contribution in [0.25, 0.3) is 10.2 Å². The van der Waals surface area contributed by atoms with Crippen molar-refractivity contribution < 1.29 is 18.7 Å². The van der Waals surface area contributed by atoms with Gasteiger partial charge in [-0.2, -0.15) is 4.98 Å².